The molecule has 3 rings (SSSR count). The van der Waals surface area contributed by atoms with Crippen LogP contribution in [0.25, 0.3) is 0 Å². The molecular weight excluding hydrogens is 188 g/mol. The summed E-state index contributed by atoms with van der Waals surface area (Å²) >= 11 is 0. The van der Waals surface area contributed by atoms with Crippen molar-refractivity contribution in [1.29, 1.82) is 0 Å². The van der Waals surface area contributed by atoms with Gasteiger partial charge < -0.3 is 9.47 Å². The van der Waals surface area contributed by atoms with Gasteiger partial charge >= 0.3 is 0 Å². The van der Waals surface area contributed by atoms with Crippen molar-refractivity contribution in [3.05, 3.63) is 12.2 Å². The molecule has 1 saturated heterocycles. The third kappa shape index (κ3) is 1.24. The molecule has 2 heteroatoms. The van der Waals surface area contributed by atoms with Crippen molar-refractivity contribution in [2.24, 2.45) is 17.8 Å². The Morgan fingerprint density at radius 3 is 2.87 bits per heavy atom. The Morgan fingerprint density at radius 2 is 2.13 bits per heavy atom. The SMILES string of the molecule is CCCC1C2C=CCCC2C12OCCO2. The fourth-order valence-electron chi connectivity index (χ4n) is 3.74. The minimum absolute atomic E-state index is 0.175. The van der Waals surface area contributed by atoms with Crippen molar-refractivity contribution < 1.29 is 9.47 Å². The van der Waals surface area contributed by atoms with Gasteiger partial charge in [-0.1, -0.05) is 25.5 Å². The van der Waals surface area contributed by atoms with E-state index in [1.54, 1.807) is 0 Å². The van der Waals surface area contributed by atoms with Crippen LogP contribution in [0.5, 0.6) is 0 Å². The second-order valence-corrected chi connectivity index (χ2v) is 5.00. The van der Waals surface area contributed by atoms with Gasteiger partial charge in [-0.3, -0.25) is 0 Å². The Balaban J connectivity index is 1.83. The minimum Gasteiger partial charge on any atom is -0.347 e. The van der Waals surface area contributed by atoms with E-state index in [4.69, 9.17) is 9.47 Å². The normalized spacial score (nSPS) is 41.5. The van der Waals surface area contributed by atoms with E-state index in [1.807, 2.05) is 0 Å². The highest BCUT2D eigenvalue weighted by Gasteiger charge is 2.64. The first-order valence-corrected chi connectivity index (χ1v) is 6.33. The third-order valence-corrected chi connectivity index (χ3v) is 4.30. The highest BCUT2D eigenvalue weighted by Crippen LogP contribution is 2.59. The molecule has 1 saturated carbocycles. The molecule has 0 aromatic rings. The summed E-state index contributed by atoms with van der Waals surface area (Å²) in [6.07, 6.45) is 9.67. The second kappa shape index (κ2) is 3.60. The van der Waals surface area contributed by atoms with E-state index in [0.29, 0.717) is 11.8 Å². The maximum Gasteiger partial charge on any atom is 0.175 e. The number of hydrogen-bond acceptors (Lipinski definition) is 2. The molecule has 1 aliphatic heterocycles. The Hall–Kier alpha value is -0.340. The van der Waals surface area contributed by atoms with Gasteiger partial charge in [0.05, 0.1) is 13.2 Å². The van der Waals surface area contributed by atoms with E-state index in [2.05, 4.69) is 19.1 Å². The maximum atomic E-state index is 5.95. The monoisotopic (exact) mass is 208 g/mol. The molecule has 15 heavy (non-hydrogen) atoms. The highest BCUT2D eigenvalue weighted by molar-refractivity contribution is 5.15. The molecule has 0 aromatic heterocycles. The molecule has 84 valence electrons. The average Bonchev–Trinajstić information content (AvgIpc) is 2.77. The molecule has 0 aromatic carbocycles. The van der Waals surface area contributed by atoms with Crippen LogP contribution >= 0.6 is 0 Å². The van der Waals surface area contributed by atoms with Crippen LogP contribution in [-0.4, -0.2) is 19.0 Å². The van der Waals surface area contributed by atoms with Crippen molar-refractivity contribution in [3.63, 3.8) is 0 Å². The fraction of sp³-hybridized carbons (Fsp3) is 0.846. The molecule has 1 spiro atoms. The Kier molecular flexibility index (Phi) is 2.37. The van der Waals surface area contributed by atoms with Gasteiger partial charge in [-0.25, -0.2) is 0 Å². The molecule has 3 aliphatic rings. The van der Waals surface area contributed by atoms with Crippen molar-refractivity contribution in [1.82, 2.24) is 0 Å². The van der Waals surface area contributed by atoms with E-state index in [9.17, 15) is 0 Å². The number of allylic oxidation sites excluding steroid dienone is 2. The summed E-state index contributed by atoms with van der Waals surface area (Å²) in [7, 11) is 0. The number of fused-ring (bicyclic) bond motifs is 2. The lowest BCUT2D eigenvalue weighted by Crippen LogP contribution is -2.63. The fourth-order valence-corrected chi connectivity index (χ4v) is 3.74. The van der Waals surface area contributed by atoms with Crippen LogP contribution in [0.1, 0.15) is 32.6 Å². The molecule has 3 unspecified atom stereocenters. The molecule has 2 nitrogen and oxygen atoms in total. The molecule has 0 amide bonds. The van der Waals surface area contributed by atoms with E-state index in [0.717, 1.165) is 19.1 Å². The van der Waals surface area contributed by atoms with Crippen LogP contribution in [-0.2, 0) is 9.47 Å². The first-order chi connectivity index (χ1) is 7.38. The predicted octanol–water partition coefficient (Wildman–Crippen LogP) is 2.74. The zero-order chi connectivity index (χ0) is 10.3. The molecule has 0 N–H and O–H groups in total. The van der Waals surface area contributed by atoms with E-state index in [-0.39, 0.29) is 5.79 Å². The molecular formula is C13H20O2. The number of ether oxygens (including phenoxy) is 2. The van der Waals surface area contributed by atoms with Crippen LogP contribution in [0.4, 0.5) is 0 Å². The van der Waals surface area contributed by atoms with Crippen molar-refractivity contribution >= 4 is 0 Å². The highest BCUT2D eigenvalue weighted by atomic mass is 16.7. The minimum atomic E-state index is -0.175. The van der Waals surface area contributed by atoms with Gasteiger partial charge in [0.25, 0.3) is 0 Å². The summed E-state index contributed by atoms with van der Waals surface area (Å²) in [5.41, 5.74) is 0. The zero-order valence-electron chi connectivity index (χ0n) is 9.45. The summed E-state index contributed by atoms with van der Waals surface area (Å²) in [4.78, 5) is 0. The first kappa shape index (κ1) is 9.86. The second-order valence-electron chi connectivity index (χ2n) is 5.00. The van der Waals surface area contributed by atoms with Crippen molar-refractivity contribution in [2.75, 3.05) is 13.2 Å². The third-order valence-electron chi connectivity index (χ3n) is 4.30. The standard InChI is InChI=1S/C13H20O2/c1-2-5-11-10-6-3-4-7-12(10)13(11)14-8-9-15-13/h3,6,10-12H,2,4-5,7-9H2,1H3. The molecule has 3 atom stereocenters. The predicted molar refractivity (Wildman–Crippen MR) is 58.4 cm³/mol. The Morgan fingerprint density at radius 1 is 1.33 bits per heavy atom. The molecule has 1 heterocycles. The van der Waals surface area contributed by atoms with E-state index >= 15 is 0 Å². The summed E-state index contributed by atoms with van der Waals surface area (Å²) in [5, 5.41) is 0. The first-order valence-electron chi connectivity index (χ1n) is 6.33. The maximum absolute atomic E-state index is 5.95. The lowest BCUT2D eigenvalue weighted by atomic mass is 9.55. The van der Waals surface area contributed by atoms with Gasteiger partial charge in [0.15, 0.2) is 5.79 Å². The number of hydrogen-bond donors (Lipinski definition) is 0. The van der Waals surface area contributed by atoms with Gasteiger partial charge in [-0.15, -0.1) is 0 Å². The van der Waals surface area contributed by atoms with Crippen LogP contribution in [0.3, 0.4) is 0 Å². The summed E-state index contributed by atoms with van der Waals surface area (Å²) in [5.74, 6) is 1.82. The largest absolute Gasteiger partial charge is 0.347 e. The van der Waals surface area contributed by atoms with Crippen LogP contribution in [0.2, 0.25) is 0 Å². The quantitative estimate of drug-likeness (QED) is 0.650. The molecule has 2 fully saturated rings. The van der Waals surface area contributed by atoms with Gasteiger partial charge in [0.2, 0.25) is 0 Å². The molecule has 0 bridgehead atoms. The zero-order valence-corrected chi connectivity index (χ0v) is 9.45. The topological polar surface area (TPSA) is 18.5 Å². The van der Waals surface area contributed by atoms with Crippen LogP contribution in [0.15, 0.2) is 12.2 Å². The van der Waals surface area contributed by atoms with Crippen LogP contribution < -0.4 is 0 Å². The van der Waals surface area contributed by atoms with Crippen molar-refractivity contribution in [2.45, 2.75) is 38.4 Å². The molecule has 0 radical (unpaired) electrons. The summed E-state index contributed by atoms with van der Waals surface area (Å²) in [6.45, 7) is 3.85. The van der Waals surface area contributed by atoms with Gasteiger partial charge in [0.1, 0.15) is 0 Å². The smallest absolute Gasteiger partial charge is 0.175 e. The van der Waals surface area contributed by atoms with Gasteiger partial charge in [-0.05, 0) is 25.2 Å². The molecule has 2 aliphatic carbocycles. The lowest BCUT2D eigenvalue weighted by molar-refractivity contribution is -0.314. The van der Waals surface area contributed by atoms with Gasteiger partial charge in [-0.2, -0.15) is 0 Å². The summed E-state index contributed by atoms with van der Waals surface area (Å²) < 4.78 is 11.9. The van der Waals surface area contributed by atoms with Crippen molar-refractivity contribution in [3.8, 4) is 0 Å². The summed E-state index contributed by atoms with van der Waals surface area (Å²) in [6, 6.07) is 0. The van der Waals surface area contributed by atoms with Gasteiger partial charge in [0, 0.05) is 11.8 Å². The van der Waals surface area contributed by atoms with E-state index < -0.39 is 0 Å². The Bertz CT molecular complexity index is 266. The average molecular weight is 208 g/mol. The lowest BCUT2D eigenvalue weighted by Gasteiger charge is -2.58. The Labute approximate surface area is 91.6 Å². The van der Waals surface area contributed by atoms with E-state index in [1.165, 1.54) is 25.7 Å². The number of rotatable bonds is 2. The van der Waals surface area contributed by atoms with Crippen LogP contribution in [0, 0.1) is 17.8 Å².